The monoisotopic (exact) mass is 277 g/mol. The maximum Gasteiger partial charge on any atom is 0.129 e. The van der Waals surface area contributed by atoms with Crippen molar-refractivity contribution in [3.8, 4) is 5.75 Å². The van der Waals surface area contributed by atoms with Gasteiger partial charge in [0, 0.05) is 18.2 Å². The lowest BCUT2D eigenvalue weighted by atomic mass is 10.1. The first-order valence-electron chi connectivity index (χ1n) is 6.50. The summed E-state index contributed by atoms with van der Waals surface area (Å²) in [6, 6.07) is 10.7. The molecule has 1 atom stereocenters. The Morgan fingerprint density at radius 3 is 2.25 bits per heavy atom. The van der Waals surface area contributed by atoms with Crippen LogP contribution >= 0.6 is 0 Å². The van der Waals surface area contributed by atoms with Crippen LogP contribution in [0.3, 0.4) is 0 Å². The van der Waals surface area contributed by atoms with Gasteiger partial charge in [-0.1, -0.05) is 18.2 Å². The molecule has 0 heterocycles. The third kappa shape index (κ3) is 3.78. The molecule has 0 saturated heterocycles. The van der Waals surface area contributed by atoms with Crippen molar-refractivity contribution in [1.29, 1.82) is 0 Å². The summed E-state index contributed by atoms with van der Waals surface area (Å²) in [6.07, 6.45) is 0.288. The lowest BCUT2D eigenvalue weighted by Crippen LogP contribution is -2.28. The second-order valence-corrected chi connectivity index (χ2v) is 4.85. The van der Waals surface area contributed by atoms with E-state index in [9.17, 15) is 13.9 Å². The van der Waals surface area contributed by atoms with E-state index >= 15 is 0 Å². The summed E-state index contributed by atoms with van der Waals surface area (Å²) in [7, 11) is 0. The highest BCUT2D eigenvalue weighted by Gasteiger charge is 2.12. The molecule has 0 radical (unpaired) electrons. The van der Waals surface area contributed by atoms with Crippen LogP contribution in [-0.2, 0) is 13.0 Å². The molecule has 0 amide bonds. The summed E-state index contributed by atoms with van der Waals surface area (Å²) in [4.78, 5) is 0. The molecule has 1 unspecified atom stereocenters. The molecule has 20 heavy (non-hydrogen) atoms. The Kier molecular flexibility index (Phi) is 4.69. The van der Waals surface area contributed by atoms with E-state index in [4.69, 9.17) is 0 Å². The van der Waals surface area contributed by atoms with E-state index in [0.29, 0.717) is 6.54 Å². The third-order valence-electron chi connectivity index (χ3n) is 3.16. The van der Waals surface area contributed by atoms with Gasteiger partial charge in [-0.3, -0.25) is 0 Å². The molecule has 2 aromatic rings. The molecule has 0 saturated carbocycles. The number of phenolic OH excluding ortho intramolecular Hbond substituents is 1. The minimum Gasteiger partial charge on any atom is -0.508 e. The van der Waals surface area contributed by atoms with Crippen LogP contribution in [0.25, 0.3) is 0 Å². The summed E-state index contributed by atoms with van der Waals surface area (Å²) in [5, 5.41) is 12.4. The van der Waals surface area contributed by atoms with E-state index < -0.39 is 11.6 Å². The number of hydrogen-bond acceptors (Lipinski definition) is 2. The van der Waals surface area contributed by atoms with Crippen LogP contribution in [0.5, 0.6) is 5.75 Å². The summed E-state index contributed by atoms with van der Waals surface area (Å²) in [5.41, 5.74) is 1.11. The lowest BCUT2D eigenvalue weighted by Gasteiger charge is -2.15. The fourth-order valence-electron chi connectivity index (χ4n) is 2.01. The van der Waals surface area contributed by atoms with Gasteiger partial charge in [-0.15, -0.1) is 0 Å². The number of hydrogen-bond donors (Lipinski definition) is 2. The maximum atomic E-state index is 13.5. The Labute approximate surface area is 117 Å². The van der Waals surface area contributed by atoms with Gasteiger partial charge >= 0.3 is 0 Å². The first-order chi connectivity index (χ1) is 9.56. The second-order valence-electron chi connectivity index (χ2n) is 4.85. The van der Waals surface area contributed by atoms with Crippen molar-refractivity contribution in [2.45, 2.75) is 25.9 Å². The van der Waals surface area contributed by atoms with E-state index in [1.807, 2.05) is 6.92 Å². The van der Waals surface area contributed by atoms with E-state index in [0.717, 1.165) is 5.56 Å². The molecule has 0 fully saturated rings. The summed E-state index contributed by atoms with van der Waals surface area (Å²) >= 11 is 0. The van der Waals surface area contributed by atoms with Crippen molar-refractivity contribution in [3.63, 3.8) is 0 Å². The Bertz CT molecular complexity index is 549. The van der Waals surface area contributed by atoms with Gasteiger partial charge in [0.25, 0.3) is 0 Å². The van der Waals surface area contributed by atoms with E-state index in [1.165, 1.54) is 18.2 Å². The number of rotatable bonds is 5. The van der Waals surface area contributed by atoms with E-state index in [-0.39, 0.29) is 23.8 Å². The first-order valence-corrected chi connectivity index (χ1v) is 6.50. The Balaban J connectivity index is 1.92. The fraction of sp³-hybridized carbons (Fsp3) is 0.250. The van der Waals surface area contributed by atoms with Crippen molar-refractivity contribution in [1.82, 2.24) is 5.32 Å². The second kappa shape index (κ2) is 6.48. The van der Waals surface area contributed by atoms with Crippen molar-refractivity contribution in [2.75, 3.05) is 0 Å². The SMILES string of the molecule is CC(Cc1c(F)cccc1F)NCc1ccc(O)cc1. The summed E-state index contributed by atoms with van der Waals surface area (Å²) in [5.74, 6) is -0.804. The Hall–Kier alpha value is -1.94. The van der Waals surface area contributed by atoms with Crippen LogP contribution in [0.2, 0.25) is 0 Å². The van der Waals surface area contributed by atoms with E-state index in [1.54, 1.807) is 24.3 Å². The molecule has 0 aliphatic rings. The minimum atomic E-state index is -0.511. The zero-order chi connectivity index (χ0) is 14.5. The molecule has 2 aromatic carbocycles. The van der Waals surface area contributed by atoms with Gasteiger partial charge in [-0.2, -0.15) is 0 Å². The Morgan fingerprint density at radius 2 is 1.65 bits per heavy atom. The lowest BCUT2D eigenvalue weighted by molar-refractivity contribution is 0.474. The summed E-state index contributed by atoms with van der Waals surface area (Å²) in [6.45, 7) is 2.46. The molecule has 0 bridgehead atoms. The predicted molar refractivity (Wildman–Crippen MR) is 74.5 cm³/mol. The highest BCUT2D eigenvalue weighted by molar-refractivity contribution is 5.26. The zero-order valence-electron chi connectivity index (χ0n) is 11.2. The third-order valence-corrected chi connectivity index (χ3v) is 3.16. The van der Waals surface area contributed by atoms with Crippen LogP contribution in [0.15, 0.2) is 42.5 Å². The van der Waals surface area contributed by atoms with Gasteiger partial charge in [0.2, 0.25) is 0 Å². The molecule has 2 nitrogen and oxygen atoms in total. The number of nitrogens with one attached hydrogen (secondary N) is 1. The van der Waals surface area contributed by atoms with Gasteiger partial charge in [0.1, 0.15) is 17.4 Å². The van der Waals surface area contributed by atoms with Crippen LogP contribution in [0.1, 0.15) is 18.1 Å². The average molecular weight is 277 g/mol. The van der Waals surface area contributed by atoms with Crippen LogP contribution in [0, 0.1) is 11.6 Å². The average Bonchev–Trinajstić information content (AvgIpc) is 2.42. The number of aromatic hydroxyl groups is 1. The Morgan fingerprint density at radius 1 is 1.05 bits per heavy atom. The van der Waals surface area contributed by atoms with Crippen molar-refractivity contribution in [3.05, 3.63) is 65.2 Å². The van der Waals surface area contributed by atoms with Crippen LogP contribution in [-0.4, -0.2) is 11.1 Å². The molecule has 0 aromatic heterocycles. The van der Waals surface area contributed by atoms with Gasteiger partial charge < -0.3 is 10.4 Å². The van der Waals surface area contributed by atoms with Gasteiger partial charge in [0.05, 0.1) is 0 Å². The molecule has 2 N–H and O–H groups in total. The fourth-order valence-corrected chi connectivity index (χ4v) is 2.01. The normalized spacial score (nSPS) is 12.3. The highest BCUT2D eigenvalue weighted by Crippen LogP contribution is 2.15. The van der Waals surface area contributed by atoms with Gasteiger partial charge in [-0.25, -0.2) is 8.78 Å². The molecule has 4 heteroatoms. The predicted octanol–water partition coefficient (Wildman–Crippen LogP) is 3.39. The van der Waals surface area contributed by atoms with Crippen molar-refractivity contribution in [2.24, 2.45) is 0 Å². The van der Waals surface area contributed by atoms with Crippen LogP contribution in [0.4, 0.5) is 8.78 Å². The smallest absolute Gasteiger partial charge is 0.129 e. The van der Waals surface area contributed by atoms with Crippen LogP contribution < -0.4 is 5.32 Å². The van der Waals surface area contributed by atoms with Crippen molar-refractivity contribution < 1.29 is 13.9 Å². The molecule has 0 aliphatic heterocycles. The maximum absolute atomic E-state index is 13.5. The molecule has 2 rings (SSSR count). The quantitative estimate of drug-likeness (QED) is 0.878. The molecule has 106 valence electrons. The zero-order valence-corrected chi connectivity index (χ0v) is 11.2. The van der Waals surface area contributed by atoms with Crippen molar-refractivity contribution >= 4 is 0 Å². The molecule has 0 aliphatic carbocycles. The van der Waals surface area contributed by atoms with Gasteiger partial charge in [-0.05, 0) is 43.2 Å². The summed E-state index contributed by atoms with van der Waals surface area (Å²) < 4.78 is 27.0. The van der Waals surface area contributed by atoms with Gasteiger partial charge in [0.15, 0.2) is 0 Å². The minimum absolute atomic E-state index is 0.0600. The number of benzene rings is 2. The number of phenols is 1. The largest absolute Gasteiger partial charge is 0.508 e. The first kappa shape index (κ1) is 14.5. The topological polar surface area (TPSA) is 32.3 Å². The number of halogens is 2. The molecular formula is C16H17F2NO. The standard InChI is InChI=1S/C16H17F2NO/c1-11(9-14-15(17)3-2-4-16(14)18)19-10-12-5-7-13(20)8-6-12/h2-8,11,19-20H,9-10H2,1H3. The molecule has 0 spiro atoms. The van der Waals surface area contributed by atoms with E-state index in [2.05, 4.69) is 5.32 Å². The molecular weight excluding hydrogens is 260 g/mol. The highest BCUT2D eigenvalue weighted by atomic mass is 19.1.